The number of rotatable bonds is 3. The van der Waals surface area contributed by atoms with Crippen LogP contribution < -0.4 is 5.32 Å². The van der Waals surface area contributed by atoms with Gasteiger partial charge in [-0.3, -0.25) is 0 Å². The van der Waals surface area contributed by atoms with Crippen LogP contribution in [-0.2, 0) is 6.54 Å². The number of aromatic hydroxyl groups is 1. The molecule has 0 fully saturated rings. The van der Waals surface area contributed by atoms with Crippen molar-refractivity contribution in [3.63, 3.8) is 0 Å². The molecule has 2 aromatic rings. The van der Waals surface area contributed by atoms with E-state index in [1.807, 2.05) is 24.3 Å². The van der Waals surface area contributed by atoms with E-state index in [4.69, 9.17) is 11.6 Å². The molecule has 2 N–H and O–H groups in total. The molecule has 0 spiro atoms. The van der Waals surface area contributed by atoms with E-state index in [0.717, 1.165) is 15.7 Å². The molecule has 0 heterocycles. The standard InChI is InChI=1S/C13H11BrClNO/c14-10-2-1-3-12(7-10)16-8-9-6-11(15)4-5-13(9)17/h1-7,16-17H,8H2. The number of hydrogen-bond acceptors (Lipinski definition) is 2. The maximum Gasteiger partial charge on any atom is 0.120 e. The van der Waals surface area contributed by atoms with E-state index in [1.54, 1.807) is 18.2 Å². The van der Waals surface area contributed by atoms with Gasteiger partial charge in [0, 0.05) is 27.3 Å². The molecule has 4 heteroatoms. The maximum atomic E-state index is 9.66. The number of hydrogen-bond donors (Lipinski definition) is 2. The van der Waals surface area contributed by atoms with Gasteiger partial charge in [0.15, 0.2) is 0 Å². The van der Waals surface area contributed by atoms with Crippen LogP contribution in [0.5, 0.6) is 5.75 Å². The summed E-state index contributed by atoms with van der Waals surface area (Å²) in [6, 6.07) is 12.9. The van der Waals surface area contributed by atoms with Gasteiger partial charge in [-0.2, -0.15) is 0 Å². The van der Waals surface area contributed by atoms with Gasteiger partial charge < -0.3 is 10.4 Å². The minimum atomic E-state index is 0.247. The van der Waals surface area contributed by atoms with Gasteiger partial charge >= 0.3 is 0 Å². The molecule has 0 unspecified atom stereocenters. The second kappa shape index (κ2) is 5.43. The Kier molecular flexibility index (Phi) is 3.92. The van der Waals surface area contributed by atoms with E-state index < -0.39 is 0 Å². The molecule has 0 aromatic heterocycles. The van der Waals surface area contributed by atoms with Gasteiger partial charge in [-0.05, 0) is 36.4 Å². The lowest BCUT2D eigenvalue weighted by Gasteiger charge is -2.08. The molecule has 2 rings (SSSR count). The largest absolute Gasteiger partial charge is 0.508 e. The van der Waals surface area contributed by atoms with Crippen molar-refractivity contribution >= 4 is 33.2 Å². The first kappa shape index (κ1) is 12.3. The van der Waals surface area contributed by atoms with Crippen LogP contribution in [0.25, 0.3) is 0 Å². The smallest absolute Gasteiger partial charge is 0.120 e. The highest BCUT2D eigenvalue weighted by Crippen LogP contribution is 2.23. The lowest BCUT2D eigenvalue weighted by atomic mass is 10.2. The summed E-state index contributed by atoms with van der Waals surface area (Å²) < 4.78 is 1.01. The summed E-state index contributed by atoms with van der Waals surface area (Å²) in [5.41, 5.74) is 1.76. The summed E-state index contributed by atoms with van der Waals surface area (Å²) in [6.45, 7) is 0.531. The fourth-order valence-electron chi connectivity index (χ4n) is 1.49. The van der Waals surface area contributed by atoms with Gasteiger partial charge in [0.05, 0.1) is 0 Å². The minimum absolute atomic E-state index is 0.247. The highest BCUT2D eigenvalue weighted by molar-refractivity contribution is 9.10. The number of nitrogens with one attached hydrogen (secondary N) is 1. The van der Waals surface area contributed by atoms with E-state index in [1.165, 1.54) is 0 Å². The molecule has 0 atom stereocenters. The normalized spacial score (nSPS) is 10.2. The average molecular weight is 313 g/mol. The predicted octanol–water partition coefficient (Wildman–Crippen LogP) is 4.42. The molecule has 0 saturated carbocycles. The molecule has 0 saturated heterocycles. The Balaban J connectivity index is 2.09. The molecular formula is C13H11BrClNO. The summed E-state index contributed by atoms with van der Waals surface area (Å²) in [4.78, 5) is 0. The fraction of sp³-hybridized carbons (Fsp3) is 0.0769. The first-order valence-corrected chi connectivity index (χ1v) is 6.29. The Labute approximate surface area is 113 Å². The van der Waals surface area contributed by atoms with E-state index in [0.29, 0.717) is 11.6 Å². The summed E-state index contributed by atoms with van der Waals surface area (Å²) in [5.74, 6) is 0.247. The van der Waals surface area contributed by atoms with Crippen molar-refractivity contribution in [1.29, 1.82) is 0 Å². The molecule has 2 nitrogen and oxygen atoms in total. The predicted molar refractivity (Wildman–Crippen MR) is 74.6 cm³/mol. The fourth-order valence-corrected chi connectivity index (χ4v) is 2.09. The van der Waals surface area contributed by atoms with Crippen LogP contribution >= 0.6 is 27.5 Å². The molecular weight excluding hydrogens is 302 g/mol. The third-order valence-corrected chi connectivity index (χ3v) is 3.08. The van der Waals surface area contributed by atoms with Gasteiger partial charge in [0.25, 0.3) is 0 Å². The average Bonchev–Trinajstić information content (AvgIpc) is 2.30. The molecule has 0 amide bonds. The number of benzene rings is 2. The van der Waals surface area contributed by atoms with Crippen LogP contribution in [0.4, 0.5) is 5.69 Å². The highest BCUT2D eigenvalue weighted by atomic mass is 79.9. The number of phenols is 1. The zero-order valence-electron chi connectivity index (χ0n) is 8.95. The van der Waals surface area contributed by atoms with Crippen LogP contribution in [0.3, 0.4) is 0 Å². The highest BCUT2D eigenvalue weighted by Gasteiger charge is 2.02. The lowest BCUT2D eigenvalue weighted by molar-refractivity contribution is 0.469. The first-order chi connectivity index (χ1) is 8.15. The third-order valence-electron chi connectivity index (χ3n) is 2.35. The van der Waals surface area contributed by atoms with Crippen LogP contribution in [0.2, 0.25) is 5.02 Å². The second-order valence-corrected chi connectivity index (χ2v) is 4.99. The first-order valence-electron chi connectivity index (χ1n) is 5.12. The summed E-state index contributed by atoms with van der Waals surface area (Å²) in [7, 11) is 0. The van der Waals surface area contributed by atoms with Gasteiger partial charge in [-0.15, -0.1) is 0 Å². The monoisotopic (exact) mass is 311 g/mol. The van der Waals surface area contributed by atoms with Gasteiger partial charge in [-0.1, -0.05) is 33.6 Å². The second-order valence-electron chi connectivity index (χ2n) is 3.64. The summed E-state index contributed by atoms with van der Waals surface area (Å²) in [6.07, 6.45) is 0. The van der Waals surface area contributed by atoms with Crippen molar-refractivity contribution in [2.24, 2.45) is 0 Å². The minimum Gasteiger partial charge on any atom is -0.508 e. The van der Waals surface area contributed by atoms with Crippen molar-refractivity contribution in [2.75, 3.05) is 5.32 Å². The molecule has 0 bridgehead atoms. The van der Waals surface area contributed by atoms with Crippen LogP contribution in [-0.4, -0.2) is 5.11 Å². The molecule has 88 valence electrons. The molecule has 0 aliphatic rings. The Morgan fingerprint density at radius 3 is 2.76 bits per heavy atom. The topological polar surface area (TPSA) is 32.3 Å². The summed E-state index contributed by atoms with van der Waals surface area (Å²) >= 11 is 9.28. The van der Waals surface area contributed by atoms with E-state index in [-0.39, 0.29) is 5.75 Å². The molecule has 0 aliphatic carbocycles. The van der Waals surface area contributed by atoms with Gasteiger partial charge in [0.2, 0.25) is 0 Å². The Morgan fingerprint density at radius 1 is 1.18 bits per heavy atom. The Hall–Kier alpha value is -1.19. The van der Waals surface area contributed by atoms with Crippen LogP contribution in [0.15, 0.2) is 46.9 Å². The van der Waals surface area contributed by atoms with E-state index >= 15 is 0 Å². The van der Waals surface area contributed by atoms with Crippen molar-refractivity contribution in [3.8, 4) is 5.75 Å². The van der Waals surface area contributed by atoms with Crippen LogP contribution in [0, 0.1) is 0 Å². The molecule has 0 radical (unpaired) electrons. The van der Waals surface area contributed by atoms with Gasteiger partial charge in [-0.25, -0.2) is 0 Å². The van der Waals surface area contributed by atoms with Crippen molar-refractivity contribution < 1.29 is 5.11 Å². The van der Waals surface area contributed by atoms with Gasteiger partial charge in [0.1, 0.15) is 5.75 Å². The lowest BCUT2D eigenvalue weighted by Crippen LogP contribution is -1.99. The number of anilines is 1. The number of halogens is 2. The Bertz CT molecular complexity index is 531. The number of phenolic OH excluding ortho intramolecular Hbond substituents is 1. The van der Waals surface area contributed by atoms with Crippen LogP contribution in [0.1, 0.15) is 5.56 Å². The molecule has 0 aliphatic heterocycles. The van der Waals surface area contributed by atoms with E-state index in [2.05, 4.69) is 21.2 Å². The van der Waals surface area contributed by atoms with Crippen molar-refractivity contribution in [2.45, 2.75) is 6.54 Å². The molecule has 2 aromatic carbocycles. The van der Waals surface area contributed by atoms with Crippen molar-refractivity contribution in [1.82, 2.24) is 0 Å². The zero-order valence-corrected chi connectivity index (χ0v) is 11.3. The maximum absolute atomic E-state index is 9.66. The van der Waals surface area contributed by atoms with E-state index in [9.17, 15) is 5.11 Å². The summed E-state index contributed by atoms with van der Waals surface area (Å²) in [5, 5.41) is 13.5. The van der Waals surface area contributed by atoms with Crippen molar-refractivity contribution in [3.05, 3.63) is 57.5 Å². The quantitative estimate of drug-likeness (QED) is 0.879. The SMILES string of the molecule is Oc1ccc(Cl)cc1CNc1cccc(Br)c1. The molecule has 17 heavy (non-hydrogen) atoms. The third kappa shape index (κ3) is 3.38. The Morgan fingerprint density at radius 2 is 2.00 bits per heavy atom. The zero-order chi connectivity index (χ0) is 12.3.